The summed E-state index contributed by atoms with van der Waals surface area (Å²) >= 11 is 0. The van der Waals surface area contributed by atoms with Crippen molar-refractivity contribution in [3.8, 4) is 0 Å². The SMILES string of the molecule is COC(=O)C(C)CN(CC1CCCO1)C(=O)C1CC1. The molecule has 5 nitrogen and oxygen atoms in total. The molecule has 1 saturated carbocycles. The van der Waals surface area contributed by atoms with E-state index < -0.39 is 0 Å². The van der Waals surface area contributed by atoms with Crippen molar-refractivity contribution < 1.29 is 19.1 Å². The molecule has 1 amide bonds. The Morgan fingerprint density at radius 2 is 2.11 bits per heavy atom. The number of amides is 1. The first-order valence-electron chi connectivity index (χ1n) is 7.10. The van der Waals surface area contributed by atoms with Crippen molar-refractivity contribution in [3.05, 3.63) is 0 Å². The number of carbonyl (C=O) groups is 2. The van der Waals surface area contributed by atoms with Crippen LogP contribution in [0.15, 0.2) is 0 Å². The summed E-state index contributed by atoms with van der Waals surface area (Å²) in [5.74, 6) is -0.201. The zero-order valence-corrected chi connectivity index (χ0v) is 11.8. The fourth-order valence-electron chi connectivity index (χ4n) is 2.48. The van der Waals surface area contributed by atoms with Gasteiger partial charge < -0.3 is 14.4 Å². The highest BCUT2D eigenvalue weighted by Gasteiger charge is 2.36. The maximum absolute atomic E-state index is 12.3. The summed E-state index contributed by atoms with van der Waals surface area (Å²) in [4.78, 5) is 25.6. The minimum atomic E-state index is -0.283. The molecule has 0 radical (unpaired) electrons. The molecule has 1 aliphatic heterocycles. The predicted molar refractivity (Wildman–Crippen MR) is 69.5 cm³/mol. The van der Waals surface area contributed by atoms with Gasteiger partial charge in [-0.2, -0.15) is 0 Å². The molecule has 0 aromatic carbocycles. The van der Waals surface area contributed by atoms with Gasteiger partial charge in [-0.15, -0.1) is 0 Å². The first-order valence-corrected chi connectivity index (χ1v) is 7.10. The summed E-state index contributed by atoms with van der Waals surface area (Å²) in [6, 6.07) is 0. The van der Waals surface area contributed by atoms with Gasteiger partial charge in [0.15, 0.2) is 0 Å². The van der Waals surface area contributed by atoms with Gasteiger partial charge in [-0.1, -0.05) is 6.92 Å². The van der Waals surface area contributed by atoms with Crippen LogP contribution in [0.1, 0.15) is 32.6 Å². The molecule has 2 fully saturated rings. The molecule has 5 heteroatoms. The van der Waals surface area contributed by atoms with Crippen molar-refractivity contribution in [3.63, 3.8) is 0 Å². The van der Waals surface area contributed by atoms with Crippen LogP contribution >= 0.6 is 0 Å². The number of hydrogen-bond acceptors (Lipinski definition) is 4. The Labute approximate surface area is 114 Å². The van der Waals surface area contributed by atoms with E-state index in [1.54, 1.807) is 11.8 Å². The molecule has 108 valence electrons. The lowest BCUT2D eigenvalue weighted by Crippen LogP contribution is -2.42. The normalized spacial score (nSPS) is 24.0. The summed E-state index contributed by atoms with van der Waals surface area (Å²) < 4.78 is 10.3. The average molecular weight is 269 g/mol. The number of carbonyl (C=O) groups excluding carboxylic acids is 2. The summed E-state index contributed by atoms with van der Waals surface area (Å²) in [6.45, 7) is 3.62. The molecule has 1 aliphatic carbocycles. The third-order valence-electron chi connectivity index (χ3n) is 3.78. The van der Waals surface area contributed by atoms with Crippen molar-refractivity contribution in [2.75, 3.05) is 26.8 Å². The third-order valence-corrected chi connectivity index (χ3v) is 3.78. The Hall–Kier alpha value is -1.10. The van der Waals surface area contributed by atoms with Gasteiger partial charge in [0, 0.05) is 25.6 Å². The molecule has 1 heterocycles. The Balaban J connectivity index is 1.92. The van der Waals surface area contributed by atoms with Crippen LogP contribution in [0.5, 0.6) is 0 Å². The molecular weight excluding hydrogens is 246 g/mol. The minimum absolute atomic E-state index is 0.132. The second-order valence-electron chi connectivity index (χ2n) is 5.58. The fourth-order valence-corrected chi connectivity index (χ4v) is 2.48. The Morgan fingerprint density at radius 3 is 2.63 bits per heavy atom. The second-order valence-corrected chi connectivity index (χ2v) is 5.58. The van der Waals surface area contributed by atoms with Gasteiger partial charge in [0.1, 0.15) is 0 Å². The first kappa shape index (κ1) is 14.3. The van der Waals surface area contributed by atoms with Crippen LogP contribution in [0.3, 0.4) is 0 Å². The van der Waals surface area contributed by atoms with Gasteiger partial charge in [-0.3, -0.25) is 9.59 Å². The van der Waals surface area contributed by atoms with Crippen LogP contribution in [0, 0.1) is 11.8 Å². The average Bonchev–Trinajstić information content (AvgIpc) is 3.14. The predicted octanol–water partition coefficient (Wildman–Crippen LogP) is 1.21. The van der Waals surface area contributed by atoms with Crippen molar-refractivity contribution in [2.24, 2.45) is 11.8 Å². The lowest BCUT2D eigenvalue weighted by molar-refractivity contribution is -0.147. The second kappa shape index (κ2) is 6.37. The molecule has 0 N–H and O–H groups in total. The van der Waals surface area contributed by atoms with Crippen LogP contribution in [-0.4, -0.2) is 49.7 Å². The summed E-state index contributed by atoms with van der Waals surface area (Å²) in [5.41, 5.74) is 0. The highest BCUT2D eigenvalue weighted by Crippen LogP contribution is 2.31. The van der Waals surface area contributed by atoms with Crippen LogP contribution in [0.25, 0.3) is 0 Å². The van der Waals surface area contributed by atoms with Gasteiger partial charge in [-0.05, 0) is 25.7 Å². The molecule has 2 aliphatic rings. The minimum Gasteiger partial charge on any atom is -0.469 e. The number of ether oxygens (including phenoxy) is 2. The summed E-state index contributed by atoms with van der Waals surface area (Å²) in [5, 5.41) is 0. The zero-order valence-electron chi connectivity index (χ0n) is 11.8. The molecule has 2 rings (SSSR count). The largest absolute Gasteiger partial charge is 0.469 e. The molecule has 2 atom stereocenters. The molecule has 19 heavy (non-hydrogen) atoms. The maximum atomic E-state index is 12.3. The summed E-state index contributed by atoms with van der Waals surface area (Å²) in [7, 11) is 1.38. The molecule has 0 spiro atoms. The van der Waals surface area contributed by atoms with E-state index in [4.69, 9.17) is 9.47 Å². The van der Waals surface area contributed by atoms with Gasteiger partial charge in [0.05, 0.1) is 19.1 Å². The van der Waals surface area contributed by atoms with E-state index >= 15 is 0 Å². The van der Waals surface area contributed by atoms with E-state index in [1.807, 2.05) is 0 Å². The van der Waals surface area contributed by atoms with Crippen LogP contribution in [-0.2, 0) is 19.1 Å². The molecule has 0 bridgehead atoms. The van der Waals surface area contributed by atoms with Crippen LogP contribution < -0.4 is 0 Å². The smallest absolute Gasteiger partial charge is 0.310 e. The fraction of sp³-hybridized carbons (Fsp3) is 0.857. The van der Waals surface area contributed by atoms with Crippen LogP contribution in [0.4, 0.5) is 0 Å². The highest BCUT2D eigenvalue weighted by atomic mass is 16.5. The van der Waals surface area contributed by atoms with Gasteiger partial charge in [0.25, 0.3) is 0 Å². The van der Waals surface area contributed by atoms with Gasteiger partial charge >= 0.3 is 5.97 Å². The standard InChI is InChI=1S/C14H23NO4/c1-10(14(17)18-2)8-15(13(16)11-5-6-11)9-12-4-3-7-19-12/h10-12H,3-9H2,1-2H3. The Kier molecular flexibility index (Phi) is 4.80. The summed E-state index contributed by atoms with van der Waals surface area (Å²) in [6.07, 6.45) is 4.15. The number of nitrogens with zero attached hydrogens (tertiary/aromatic N) is 1. The van der Waals surface area contributed by atoms with Crippen molar-refractivity contribution in [1.82, 2.24) is 4.90 Å². The maximum Gasteiger partial charge on any atom is 0.310 e. The Morgan fingerprint density at radius 1 is 1.37 bits per heavy atom. The van der Waals surface area contributed by atoms with E-state index in [9.17, 15) is 9.59 Å². The Bertz CT molecular complexity index is 334. The number of rotatable bonds is 6. The molecule has 0 aromatic rings. The molecule has 0 aromatic heterocycles. The number of methoxy groups -OCH3 is 1. The van der Waals surface area contributed by atoms with Crippen molar-refractivity contribution in [2.45, 2.75) is 38.7 Å². The van der Waals surface area contributed by atoms with E-state index in [0.717, 1.165) is 32.3 Å². The molecule has 1 saturated heterocycles. The lowest BCUT2D eigenvalue weighted by Gasteiger charge is -2.27. The monoisotopic (exact) mass is 269 g/mol. The quantitative estimate of drug-likeness (QED) is 0.680. The van der Waals surface area contributed by atoms with E-state index in [-0.39, 0.29) is 29.8 Å². The topological polar surface area (TPSA) is 55.8 Å². The van der Waals surface area contributed by atoms with Crippen LogP contribution in [0.2, 0.25) is 0 Å². The number of esters is 1. The lowest BCUT2D eigenvalue weighted by atomic mass is 10.1. The third kappa shape index (κ3) is 3.93. The number of hydrogen-bond donors (Lipinski definition) is 0. The van der Waals surface area contributed by atoms with E-state index in [2.05, 4.69) is 0 Å². The molecular formula is C14H23NO4. The van der Waals surface area contributed by atoms with Crippen molar-refractivity contribution >= 4 is 11.9 Å². The first-order chi connectivity index (χ1) is 9.11. The highest BCUT2D eigenvalue weighted by molar-refractivity contribution is 5.82. The molecule has 2 unspecified atom stereocenters. The van der Waals surface area contributed by atoms with Gasteiger partial charge in [0.2, 0.25) is 5.91 Å². The van der Waals surface area contributed by atoms with Gasteiger partial charge in [-0.25, -0.2) is 0 Å². The van der Waals surface area contributed by atoms with Crippen molar-refractivity contribution in [1.29, 1.82) is 0 Å². The van der Waals surface area contributed by atoms with E-state index in [1.165, 1.54) is 7.11 Å². The van der Waals surface area contributed by atoms with E-state index in [0.29, 0.717) is 13.1 Å². The zero-order chi connectivity index (χ0) is 13.8.